The molecule has 17 aromatic rings. The molecule has 0 unspecified atom stereocenters. The first-order valence-corrected chi connectivity index (χ1v) is 32.5. The van der Waals surface area contributed by atoms with E-state index in [1.54, 1.807) is 0 Å². The van der Waals surface area contributed by atoms with Crippen LogP contribution >= 0.6 is 0 Å². The number of hydrogen-bond acceptors (Lipinski definition) is 6. The second-order valence-corrected chi connectivity index (χ2v) is 24.4. The fourth-order valence-electron chi connectivity index (χ4n) is 14.1. The summed E-state index contributed by atoms with van der Waals surface area (Å²) in [7, 11) is 0. The highest BCUT2D eigenvalue weighted by molar-refractivity contribution is 6.14. The lowest BCUT2D eigenvalue weighted by molar-refractivity contribution is 1.07. The summed E-state index contributed by atoms with van der Waals surface area (Å²) in [5.74, 6) is 1.19. The van der Waals surface area contributed by atoms with Crippen molar-refractivity contribution in [3.63, 3.8) is 0 Å². The summed E-state index contributed by atoms with van der Waals surface area (Å²) in [6, 6.07) is 120. The van der Waals surface area contributed by atoms with Gasteiger partial charge in [0.15, 0.2) is 17.5 Å². The maximum atomic E-state index is 10.9. The van der Waals surface area contributed by atoms with Crippen LogP contribution in [0.3, 0.4) is 0 Å². The molecule has 14 aromatic carbocycles. The van der Waals surface area contributed by atoms with Crippen LogP contribution in [0.15, 0.2) is 328 Å². The summed E-state index contributed by atoms with van der Waals surface area (Å²) in [4.78, 5) is 16.6. The van der Waals surface area contributed by atoms with Gasteiger partial charge >= 0.3 is 0 Å². The monoisotopic (exact) mass is 1250 g/mol. The Morgan fingerprint density at radius 3 is 0.796 bits per heavy atom. The van der Waals surface area contributed by atoms with Gasteiger partial charge in [-0.1, -0.05) is 249 Å². The fraction of sp³-hybridized carbons (Fsp3) is 0. The SMILES string of the molecule is N#Cc1ccccc1-c1ccccc1-c1nc(-c2ccc(-c3ccccc3C#N)c(-n3c4ccc(-c5ccccc5)cc4c4cc(-c5ccccc5)ccc43)c2)nc(-c2ccc(-c3ccccc3C#N)c(-n3c4ccc(-c5ccccc5)cc4c4cc(-c5ccccc5)ccc43)c2)n1. The zero-order valence-electron chi connectivity index (χ0n) is 52.8. The predicted octanol–water partition coefficient (Wildman–Crippen LogP) is 22.4. The normalized spacial score (nSPS) is 11.2. The zero-order valence-corrected chi connectivity index (χ0v) is 52.8. The topological polar surface area (TPSA) is 120 Å². The molecule has 0 atom stereocenters. The Kier molecular flexibility index (Phi) is 14.5. The van der Waals surface area contributed by atoms with Gasteiger partial charge in [0, 0.05) is 66.1 Å². The maximum absolute atomic E-state index is 10.9. The molecule has 98 heavy (non-hydrogen) atoms. The van der Waals surface area contributed by atoms with Crippen LogP contribution in [0.2, 0.25) is 0 Å². The quantitative estimate of drug-likeness (QED) is 0.120. The molecule has 454 valence electrons. The summed E-state index contributed by atoms with van der Waals surface area (Å²) in [5, 5.41) is 36.6. The molecule has 0 radical (unpaired) electrons. The summed E-state index contributed by atoms with van der Waals surface area (Å²) in [6.07, 6.45) is 0. The summed E-state index contributed by atoms with van der Waals surface area (Å²) >= 11 is 0. The second-order valence-electron chi connectivity index (χ2n) is 24.4. The average molecular weight is 1250 g/mol. The standard InChI is InChI=1S/C90H54N8/c91-55-68-29-13-16-32-71(68)74-35-19-20-36-77(74)90-95-88(66-37-43-75(72-33-17-14-30-69(72)56-92)86(53-66)97-82-45-39-62(58-21-5-1-6-22-58)49-78(82)79-50-63(40-46-83(79)97)59-23-7-2-8-24-59)94-89(96-90)67-38-44-76(73-34-18-15-31-70(73)57-93)87(54-67)98-84-47-41-64(60-25-9-3-10-26-60)51-80(84)81-52-65(42-48-85(81)98)61-27-11-4-12-28-61/h1-54H. The van der Waals surface area contributed by atoms with E-state index < -0.39 is 0 Å². The third kappa shape index (κ3) is 10.2. The van der Waals surface area contributed by atoms with Crippen LogP contribution in [0, 0.1) is 34.0 Å². The molecule has 0 fully saturated rings. The lowest BCUT2D eigenvalue weighted by Crippen LogP contribution is -2.04. The molecule has 3 heterocycles. The molecule has 0 bridgehead atoms. The van der Waals surface area contributed by atoms with Crippen molar-refractivity contribution in [3.05, 3.63) is 344 Å². The van der Waals surface area contributed by atoms with E-state index in [2.05, 4.69) is 221 Å². The first-order chi connectivity index (χ1) is 48.5. The van der Waals surface area contributed by atoms with Crippen molar-refractivity contribution < 1.29 is 0 Å². The number of nitrogens with zero attached hydrogens (tertiary/aromatic N) is 8. The van der Waals surface area contributed by atoms with Crippen LogP contribution in [-0.4, -0.2) is 24.1 Å². The van der Waals surface area contributed by atoms with Gasteiger partial charge in [0.1, 0.15) is 0 Å². The highest BCUT2D eigenvalue weighted by Crippen LogP contribution is 2.45. The third-order valence-electron chi connectivity index (χ3n) is 18.8. The molecule has 0 amide bonds. The molecule has 8 nitrogen and oxygen atoms in total. The van der Waals surface area contributed by atoms with Crippen LogP contribution in [0.4, 0.5) is 0 Å². The highest BCUT2D eigenvalue weighted by Gasteiger charge is 2.25. The molecular formula is C90H54N8. The first-order valence-electron chi connectivity index (χ1n) is 32.5. The van der Waals surface area contributed by atoms with Gasteiger partial charge in [0.2, 0.25) is 0 Å². The second kappa shape index (κ2) is 24.6. The van der Waals surface area contributed by atoms with Crippen molar-refractivity contribution in [2.45, 2.75) is 0 Å². The molecule has 3 aromatic heterocycles. The molecule has 0 aliphatic carbocycles. The lowest BCUT2D eigenvalue weighted by atomic mass is 9.95. The van der Waals surface area contributed by atoms with Gasteiger partial charge in [-0.3, -0.25) is 0 Å². The van der Waals surface area contributed by atoms with E-state index in [4.69, 9.17) is 15.0 Å². The summed E-state index contributed by atoms with van der Waals surface area (Å²) < 4.78 is 4.64. The molecular weight excluding hydrogens is 1190 g/mol. The Hall–Kier alpha value is -13.8. The van der Waals surface area contributed by atoms with Gasteiger partial charge in [-0.2, -0.15) is 15.8 Å². The Balaban J connectivity index is 0.937. The average Bonchev–Trinajstić information content (AvgIpc) is 1.56. The van der Waals surface area contributed by atoms with E-state index in [-0.39, 0.29) is 0 Å². The number of benzene rings is 14. The number of nitriles is 3. The molecule has 0 spiro atoms. The van der Waals surface area contributed by atoms with E-state index >= 15 is 0 Å². The van der Waals surface area contributed by atoms with Crippen LogP contribution in [0.1, 0.15) is 16.7 Å². The van der Waals surface area contributed by atoms with Crippen molar-refractivity contribution in [2.24, 2.45) is 0 Å². The van der Waals surface area contributed by atoms with Crippen molar-refractivity contribution in [2.75, 3.05) is 0 Å². The molecule has 0 N–H and O–H groups in total. The number of fused-ring (bicyclic) bond motifs is 6. The maximum Gasteiger partial charge on any atom is 0.164 e. The van der Waals surface area contributed by atoms with Crippen LogP contribution in [0.5, 0.6) is 0 Å². The van der Waals surface area contributed by atoms with Gasteiger partial charge in [0.05, 0.1) is 68.3 Å². The molecule has 0 saturated heterocycles. The van der Waals surface area contributed by atoms with Crippen LogP contribution in [0.25, 0.3) is 167 Å². The van der Waals surface area contributed by atoms with E-state index in [0.717, 1.165) is 133 Å². The highest BCUT2D eigenvalue weighted by atomic mass is 15.0. The van der Waals surface area contributed by atoms with Gasteiger partial charge in [-0.15, -0.1) is 0 Å². The Morgan fingerprint density at radius 2 is 0.469 bits per heavy atom. The first kappa shape index (κ1) is 58.0. The smallest absolute Gasteiger partial charge is 0.164 e. The third-order valence-corrected chi connectivity index (χ3v) is 18.8. The molecule has 0 aliphatic rings. The minimum absolute atomic E-state index is 0.395. The van der Waals surface area contributed by atoms with E-state index in [1.165, 1.54) is 0 Å². The van der Waals surface area contributed by atoms with Gasteiger partial charge in [-0.05, 0) is 129 Å². The zero-order chi connectivity index (χ0) is 65.6. The Labute approximate surface area is 566 Å². The van der Waals surface area contributed by atoms with E-state index in [1.807, 2.05) is 133 Å². The number of rotatable bonds is 12. The van der Waals surface area contributed by atoms with Crippen molar-refractivity contribution in [1.29, 1.82) is 15.8 Å². The minimum Gasteiger partial charge on any atom is -0.309 e. The number of aromatic nitrogens is 5. The van der Waals surface area contributed by atoms with Crippen LogP contribution in [-0.2, 0) is 0 Å². The van der Waals surface area contributed by atoms with Crippen molar-refractivity contribution >= 4 is 43.6 Å². The molecule has 17 rings (SSSR count). The Bertz CT molecular complexity index is 5630. The predicted molar refractivity (Wildman–Crippen MR) is 397 cm³/mol. The fourth-order valence-corrected chi connectivity index (χ4v) is 14.1. The van der Waals surface area contributed by atoms with Gasteiger partial charge in [-0.25, -0.2) is 15.0 Å². The summed E-state index contributed by atoms with van der Waals surface area (Å²) in [6.45, 7) is 0. The molecule has 0 aliphatic heterocycles. The van der Waals surface area contributed by atoms with Crippen LogP contribution < -0.4 is 0 Å². The van der Waals surface area contributed by atoms with Gasteiger partial charge < -0.3 is 9.13 Å². The van der Waals surface area contributed by atoms with Gasteiger partial charge in [0.25, 0.3) is 0 Å². The minimum atomic E-state index is 0.395. The Morgan fingerprint density at radius 1 is 0.204 bits per heavy atom. The number of hydrogen-bond donors (Lipinski definition) is 0. The molecule has 0 saturated carbocycles. The van der Waals surface area contributed by atoms with E-state index in [0.29, 0.717) is 50.9 Å². The van der Waals surface area contributed by atoms with E-state index in [9.17, 15) is 15.8 Å². The van der Waals surface area contributed by atoms with Crippen molar-refractivity contribution in [3.8, 4) is 142 Å². The van der Waals surface area contributed by atoms with Crippen molar-refractivity contribution in [1.82, 2.24) is 24.1 Å². The summed E-state index contributed by atoms with van der Waals surface area (Å²) in [5.41, 5.74) is 22.8. The molecule has 8 heteroatoms. The lowest BCUT2D eigenvalue weighted by Gasteiger charge is -2.18. The largest absolute Gasteiger partial charge is 0.309 e.